The van der Waals surface area contributed by atoms with Crippen LogP contribution >= 0.6 is 0 Å². The molecule has 0 unspecified atom stereocenters. The predicted molar refractivity (Wildman–Crippen MR) is 138 cm³/mol. The van der Waals surface area contributed by atoms with E-state index in [0.717, 1.165) is 63.3 Å². The van der Waals surface area contributed by atoms with Crippen LogP contribution in [-0.4, -0.2) is 85.8 Å². The maximum atomic E-state index is 10.0. The Balaban J connectivity index is 1.47. The van der Waals surface area contributed by atoms with Crippen molar-refractivity contribution in [2.24, 2.45) is 0 Å². The van der Waals surface area contributed by atoms with E-state index >= 15 is 0 Å². The summed E-state index contributed by atoms with van der Waals surface area (Å²) in [7, 11) is 0. The molecular weight excluding hydrogens is 444 g/mol. The van der Waals surface area contributed by atoms with Gasteiger partial charge in [0.05, 0.1) is 18.4 Å². The predicted octanol–water partition coefficient (Wildman–Crippen LogP) is 2.46. The number of aryl methyl sites for hydroxylation is 1. The molecule has 4 heterocycles. The lowest BCUT2D eigenvalue weighted by Crippen LogP contribution is -2.46. The average Bonchev–Trinajstić information content (AvgIpc) is 2.85. The fourth-order valence-corrected chi connectivity index (χ4v) is 4.20. The number of aliphatic hydroxyl groups is 2. The third-order valence-corrected chi connectivity index (χ3v) is 6.27. The van der Waals surface area contributed by atoms with Gasteiger partial charge in [-0.15, -0.1) is 0 Å². The zero-order valence-electron chi connectivity index (χ0n) is 20.8. The van der Waals surface area contributed by atoms with Crippen LogP contribution in [0.5, 0.6) is 0 Å². The van der Waals surface area contributed by atoms with E-state index in [2.05, 4.69) is 43.4 Å². The highest BCUT2D eigenvalue weighted by Gasteiger charge is 2.18. The molecule has 0 aliphatic carbocycles. The Kier molecular flexibility index (Phi) is 8.40. The fraction of sp³-hybridized carbons (Fsp3) is 0.520. The van der Waals surface area contributed by atoms with Gasteiger partial charge in [0.1, 0.15) is 11.3 Å². The standard InChI is InChI=1S/C25H36N8O2/c1-4-7-26-24-23-20(14-21(29-24)18(3)35)15-27-25(31-23)30-22-6-5-19(17(2)28-22)16-33-10-8-32(9-11-33)12-13-34/h5-6,14-15,18,34-35H,4,7-13,16H2,1-3H3,(H,26,29)(H,27,28,30,31)/t18-/m1/s1. The minimum Gasteiger partial charge on any atom is -0.395 e. The molecule has 10 nitrogen and oxygen atoms in total. The van der Waals surface area contributed by atoms with Crippen LogP contribution in [-0.2, 0) is 6.54 Å². The summed E-state index contributed by atoms with van der Waals surface area (Å²) in [6, 6.07) is 5.89. The topological polar surface area (TPSA) is 123 Å². The number of hydrogen-bond donors (Lipinski definition) is 4. The van der Waals surface area contributed by atoms with Gasteiger partial charge in [0.15, 0.2) is 5.82 Å². The minimum absolute atomic E-state index is 0.217. The Labute approximate surface area is 206 Å². The first-order valence-corrected chi connectivity index (χ1v) is 12.4. The number of anilines is 3. The van der Waals surface area contributed by atoms with E-state index in [9.17, 15) is 5.11 Å². The quantitative estimate of drug-likeness (QED) is 0.344. The molecule has 1 saturated heterocycles. The first kappa shape index (κ1) is 25.2. The second-order valence-corrected chi connectivity index (χ2v) is 9.04. The number of aromatic nitrogens is 4. The second-order valence-electron chi connectivity index (χ2n) is 9.04. The Hall–Kier alpha value is -2.92. The number of nitrogens with zero attached hydrogens (tertiary/aromatic N) is 6. The number of hydrogen-bond acceptors (Lipinski definition) is 10. The summed E-state index contributed by atoms with van der Waals surface area (Å²) in [6.07, 6.45) is 2.02. The van der Waals surface area contributed by atoms with Crippen LogP contribution in [0.2, 0.25) is 0 Å². The van der Waals surface area contributed by atoms with Crippen molar-refractivity contribution >= 4 is 28.5 Å². The number of nitrogens with one attached hydrogen (secondary N) is 2. The van der Waals surface area contributed by atoms with Crippen molar-refractivity contribution in [3.05, 3.63) is 41.3 Å². The van der Waals surface area contributed by atoms with Crippen molar-refractivity contribution in [3.8, 4) is 0 Å². The number of piperazine rings is 1. The van der Waals surface area contributed by atoms with Crippen LogP contribution < -0.4 is 10.6 Å². The van der Waals surface area contributed by atoms with Gasteiger partial charge in [0, 0.05) is 63.1 Å². The molecular formula is C25H36N8O2. The molecule has 10 heteroatoms. The number of β-amino-alcohol motifs (C(OH)–C–C–N with tert-alkyl or cyclic N) is 1. The SMILES string of the molecule is CCCNc1nc([C@@H](C)O)cc2cnc(Nc3ccc(CN4CCN(CCO)CC4)c(C)n3)nc12. The molecule has 1 fully saturated rings. The van der Waals surface area contributed by atoms with Gasteiger partial charge in [-0.1, -0.05) is 13.0 Å². The van der Waals surface area contributed by atoms with Gasteiger partial charge >= 0.3 is 0 Å². The first-order chi connectivity index (χ1) is 17.0. The van der Waals surface area contributed by atoms with Crippen molar-refractivity contribution in [1.29, 1.82) is 0 Å². The Bertz CT molecular complexity index is 1130. The summed E-state index contributed by atoms with van der Waals surface area (Å²) in [5, 5.41) is 26.5. The van der Waals surface area contributed by atoms with Gasteiger partial charge in [0.25, 0.3) is 0 Å². The van der Waals surface area contributed by atoms with E-state index in [1.54, 1.807) is 13.1 Å². The molecule has 0 saturated carbocycles. The van der Waals surface area contributed by atoms with Crippen molar-refractivity contribution < 1.29 is 10.2 Å². The molecule has 1 aliphatic rings. The summed E-state index contributed by atoms with van der Waals surface area (Å²) < 4.78 is 0. The van der Waals surface area contributed by atoms with Crippen molar-refractivity contribution in [3.63, 3.8) is 0 Å². The average molecular weight is 481 g/mol. The minimum atomic E-state index is -0.672. The van der Waals surface area contributed by atoms with Gasteiger partial charge < -0.3 is 20.8 Å². The molecule has 4 rings (SSSR count). The van der Waals surface area contributed by atoms with Crippen LogP contribution in [0.25, 0.3) is 10.9 Å². The van der Waals surface area contributed by atoms with Gasteiger partial charge in [-0.25, -0.2) is 19.9 Å². The lowest BCUT2D eigenvalue weighted by Gasteiger charge is -2.34. The monoisotopic (exact) mass is 480 g/mol. The van der Waals surface area contributed by atoms with Crippen molar-refractivity contribution in [2.75, 3.05) is 56.5 Å². The normalized spacial score (nSPS) is 15.9. The Morgan fingerprint density at radius 1 is 1.09 bits per heavy atom. The van der Waals surface area contributed by atoms with Crippen LogP contribution in [0.15, 0.2) is 24.4 Å². The highest BCUT2D eigenvalue weighted by Crippen LogP contribution is 2.25. The number of aliphatic hydroxyl groups excluding tert-OH is 2. The zero-order chi connectivity index (χ0) is 24.8. The highest BCUT2D eigenvalue weighted by molar-refractivity contribution is 5.89. The summed E-state index contributed by atoms with van der Waals surface area (Å²) in [4.78, 5) is 23.2. The maximum absolute atomic E-state index is 10.0. The van der Waals surface area contributed by atoms with E-state index in [1.807, 2.05) is 19.1 Å². The van der Waals surface area contributed by atoms with Crippen LogP contribution in [0.1, 0.15) is 43.3 Å². The summed E-state index contributed by atoms with van der Waals surface area (Å²) >= 11 is 0. The molecule has 0 bridgehead atoms. The lowest BCUT2D eigenvalue weighted by molar-refractivity contribution is 0.108. The molecule has 0 spiro atoms. The molecule has 4 N–H and O–H groups in total. The maximum Gasteiger partial charge on any atom is 0.229 e. The molecule has 1 atom stereocenters. The van der Waals surface area contributed by atoms with Gasteiger partial charge in [-0.05, 0) is 38.0 Å². The molecule has 1 aliphatic heterocycles. The van der Waals surface area contributed by atoms with Crippen LogP contribution in [0.3, 0.4) is 0 Å². The second kappa shape index (κ2) is 11.7. The molecule has 35 heavy (non-hydrogen) atoms. The number of pyridine rings is 2. The van der Waals surface area contributed by atoms with E-state index in [1.165, 1.54) is 5.56 Å². The summed E-state index contributed by atoms with van der Waals surface area (Å²) in [6.45, 7) is 12.3. The summed E-state index contributed by atoms with van der Waals surface area (Å²) in [5.41, 5.74) is 3.46. The smallest absolute Gasteiger partial charge is 0.229 e. The third-order valence-electron chi connectivity index (χ3n) is 6.27. The summed E-state index contributed by atoms with van der Waals surface area (Å²) in [5.74, 6) is 1.78. The fourth-order valence-electron chi connectivity index (χ4n) is 4.20. The molecule has 0 radical (unpaired) electrons. The lowest BCUT2D eigenvalue weighted by atomic mass is 10.1. The van der Waals surface area contributed by atoms with Gasteiger partial charge in [-0.3, -0.25) is 9.80 Å². The first-order valence-electron chi connectivity index (χ1n) is 12.4. The molecule has 3 aromatic rings. The van der Waals surface area contributed by atoms with E-state index in [-0.39, 0.29) is 6.61 Å². The van der Waals surface area contributed by atoms with E-state index in [4.69, 9.17) is 15.1 Å². The molecule has 3 aromatic heterocycles. The third kappa shape index (κ3) is 6.40. The van der Waals surface area contributed by atoms with E-state index < -0.39 is 6.10 Å². The Morgan fingerprint density at radius 2 is 1.86 bits per heavy atom. The van der Waals surface area contributed by atoms with Gasteiger partial charge in [0.2, 0.25) is 5.95 Å². The number of fused-ring (bicyclic) bond motifs is 1. The van der Waals surface area contributed by atoms with Crippen molar-refractivity contribution in [2.45, 2.75) is 39.8 Å². The van der Waals surface area contributed by atoms with E-state index in [0.29, 0.717) is 28.8 Å². The molecule has 188 valence electrons. The number of rotatable bonds is 10. The van der Waals surface area contributed by atoms with Crippen LogP contribution in [0, 0.1) is 6.92 Å². The van der Waals surface area contributed by atoms with Crippen molar-refractivity contribution in [1.82, 2.24) is 29.7 Å². The van der Waals surface area contributed by atoms with Crippen LogP contribution in [0.4, 0.5) is 17.6 Å². The zero-order valence-corrected chi connectivity index (χ0v) is 20.8. The highest BCUT2D eigenvalue weighted by atomic mass is 16.3. The largest absolute Gasteiger partial charge is 0.395 e. The molecule has 0 aromatic carbocycles. The molecule has 0 amide bonds. The van der Waals surface area contributed by atoms with Gasteiger partial charge in [-0.2, -0.15) is 0 Å². The Morgan fingerprint density at radius 3 is 2.54 bits per heavy atom.